The fourth-order valence-corrected chi connectivity index (χ4v) is 6.10. The first kappa shape index (κ1) is 25.5. The number of benzene rings is 2. The summed E-state index contributed by atoms with van der Waals surface area (Å²) in [5, 5.41) is 12.5. The van der Waals surface area contributed by atoms with Gasteiger partial charge in [0.15, 0.2) is 11.5 Å². The zero-order valence-electron chi connectivity index (χ0n) is 21.5. The number of methoxy groups -OCH3 is 1. The van der Waals surface area contributed by atoms with Crippen LogP contribution in [0.2, 0.25) is 0 Å². The van der Waals surface area contributed by atoms with Crippen molar-refractivity contribution in [2.45, 2.75) is 62.9 Å². The Kier molecular flexibility index (Phi) is 6.00. The molecule has 3 aliphatic heterocycles. The van der Waals surface area contributed by atoms with Gasteiger partial charge in [-0.05, 0) is 56.7 Å². The monoisotopic (exact) mass is 545 g/mol. The van der Waals surface area contributed by atoms with Gasteiger partial charge in [-0.2, -0.15) is 0 Å². The minimum absolute atomic E-state index is 0.0226. The third-order valence-electron chi connectivity index (χ3n) is 8.41. The normalized spacial score (nSPS) is 29.8. The van der Waals surface area contributed by atoms with Crippen molar-refractivity contribution in [3.05, 3.63) is 41.5 Å². The van der Waals surface area contributed by atoms with Crippen molar-refractivity contribution < 1.29 is 47.2 Å². The van der Waals surface area contributed by atoms with Crippen LogP contribution >= 0.6 is 0 Å². The van der Waals surface area contributed by atoms with Gasteiger partial charge in [-0.1, -0.05) is 0 Å². The van der Waals surface area contributed by atoms with Crippen molar-refractivity contribution in [3.8, 4) is 28.7 Å². The molecule has 2 aromatic carbocycles. The number of hydrogen-bond acceptors (Lipinski definition) is 7. The van der Waals surface area contributed by atoms with Gasteiger partial charge in [-0.15, -0.1) is 8.78 Å². The predicted molar refractivity (Wildman–Crippen MR) is 131 cm³/mol. The molecule has 39 heavy (non-hydrogen) atoms. The number of carboxylic acids is 1. The summed E-state index contributed by atoms with van der Waals surface area (Å²) >= 11 is 0. The smallest absolute Gasteiger partial charge is 0.497 e. The standard InChI is InChI=1S/C28H29F2NO8/c1-27(13-36-22-12-24-23(10-18(22)27)38-28(29,30)39-24)26(34)31-19-11-20(14-3-5-15(6-4-14)25(32)33)37-21-9-16(35-2)7-8-17(19)21/h7-10,12,14-15,19-20H,3-6,11,13H2,1-2H3,(H,31,34)(H,32,33)/t14?,15?,19-,20-,27-/m1/s1. The molecule has 0 unspecified atom stereocenters. The highest BCUT2D eigenvalue weighted by molar-refractivity contribution is 5.90. The van der Waals surface area contributed by atoms with E-state index in [0.29, 0.717) is 36.3 Å². The number of rotatable bonds is 5. The highest BCUT2D eigenvalue weighted by Gasteiger charge is 2.49. The average Bonchev–Trinajstić information content (AvgIpc) is 3.41. The second-order valence-corrected chi connectivity index (χ2v) is 10.9. The minimum atomic E-state index is -3.78. The number of fused-ring (bicyclic) bond motifs is 3. The number of carbonyl (C=O) groups is 2. The van der Waals surface area contributed by atoms with Crippen molar-refractivity contribution in [1.29, 1.82) is 0 Å². The van der Waals surface area contributed by atoms with Crippen LogP contribution in [0.25, 0.3) is 0 Å². The van der Waals surface area contributed by atoms with E-state index < -0.39 is 23.7 Å². The number of amides is 1. The highest BCUT2D eigenvalue weighted by Crippen LogP contribution is 2.50. The Balaban J connectivity index is 1.25. The van der Waals surface area contributed by atoms with E-state index in [0.717, 1.165) is 18.4 Å². The van der Waals surface area contributed by atoms with Crippen LogP contribution in [0.3, 0.4) is 0 Å². The fraction of sp³-hybridized carbons (Fsp3) is 0.500. The second kappa shape index (κ2) is 9.17. The van der Waals surface area contributed by atoms with E-state index >= 15 is 0 Å². The second-order valence-electron chi connectivity index (χ2n) is 10.9. The number of carbonyl (C=O) groups excluding carboxylic acids is 1. The van der Waals surface area contributed by atoms with Crippen LogP contribution in [-0.4, -0.2) is 43.1 Å². The van der Waals surface area contributed by atoms with Gasteiger partial charge in [-0.3, -0.25) is 9.59 Å². The minimum Gasteiger partial charge on any atom is -0.497 e. The summed E-state index contributed by atoms with van der Waals surface area (Å²) < 4.78 is 53.9. The zero-order chi connectivity index (χ0) is 27.5. The maximum atomic E-state index is 13.8. The summed E-state index contributed by atoms with van der Waals surface area (Å²) in [7, 11) is 1.56. The first-order valence-electron chi connectivity index (χ1n) is 13.0. The molecule has 1 aliphatic carbocycles. The Morgan fingerprint density at radius 2 is 1.74 bits per heavy atom. The molecular formula is C28H29F2NO8. The lowest BCUT2D eigenvalue weighted by atomic mass is 9.76. The number of hydrogen-bond donors (Lipinski definition) is 2. The maximum Gasteiger partial charge on any atom is 0.586 e. The third kappa shape index (κ3) is 4.47. The molecule has 1 saturated carbocycles. The van der Waals surface area contributed by atoms with Crippen molar-refractivity contribution >= 4 is 11.9 Å². The molecule has 0 bridgehead atoms. The van der Waals surface area contributed by atoms with Crippen LogP contribution in [0, 0.1) is 11.8 Å². The lowest BCUT2D eigenvalue weighted by molar-refractivity contribution is -0.286. The Hall–Kier alpha value is -3.76. The molecule has 1 amide bonds. The molecule has 2 aromatic rings. The van der Waals surface area contributed by atoms with Gasteiger partial charge in [0.2, 0.25) is 5.91 Å². The summed E-state index contributed by atoms with van der Waals surface area (Å²) in [5.41, 5.74) is 0.0734. The molecule has 4 aliphatic rings. The van der Waals surface area contributed by atoms with E-state index in [1.165, 1.54) is 12.1 Å². The Morgan fingerprint density at radius 3 is 2.44 bits per heavy atom. The average molecular weight is 546 g/mol. The molecule has 0 radical (unpaired) electrons. The Labute approximate surface area is 223 Å². The van der Waals surface area contributed by atoms with E-state index in [1.54, 1.807) is 26.2 Å². The van der Waals surface area contributed by atoms with E-state index in [9.17, 15) is 23.5 Å². The summed E-state index contributed by atoms with van der Waals surface area (Å²) in [6, 6.07) is 7.76. The van der Waals surface area contributed by atoms with Crippen LogP contribution in [0.5, 0.6) is 28.7 Å². The summed E-state index contributed by atoms with van der Waals surface area (Å²) in [6.45, 7) is 1.72. The Morgan fingerprint density at radius 1 is 1.03 bits per heavy atom. The molecule has 2 N–H and O–H groups in total. The van der Waals surface area contributed by atoms with Gasteiger partial charge < -0.3 is 34.1 Å². The SMILES string of the molecule is COc1ccc2c(c1)O[C@@H](C1CCC(C(=O)O)CC1)C[C@H]2NC(=O)[C@]1(C)COc2cc3c(cc21)OC(F)(F)O3. The third-order valence-corrected chi connectivity index (χ3v) is 8.41. The van der Waals surface area contributed by atoms with Crippen molar-refractivity contribution in [1.82, 2.24) is 5.32 Å². The number of aliphatic carboxylic acids is 1. The van der Waals surface area contributed by atoms with E-state index in [-0.39, 0.29) is 47.7 Å². The molecule has 1 fully saturated rings. The van der Waals surface area contributed by atoms with Crippen LogP contribution in [0.15, 0.2) is 30.3 Å². The number of ether oxygens (including phenoxy) is 5. The molecule has 0 aromatic heterocycles. The van der Waals surface area contributed by atoms with Crippen molar-refractivity contribution in [2.24, 2.45) is 11.8 Å². The Bertz CT molecular complexity index is 1320. The molecular weight excluding hydrogens is 516 g/mol. The van der Waals surface area contributed by atoms with Crippen molar-refractivity contribution in [2.75, 3.05) is 13.7 Å². The molecule has 0 saturated heterocycles. The molecule has 3 atom stereocenters. The number of halogens is 2. The summed E-state index contributed by atoms with van der Waals surface area (Å²) in [6.07, 6.45) is -0.879. The number of alkyl halides is 2. The van der Waals surface area contributed by atoms with Gasteiger partial charge in [0, 0.05) is 29.7 Å². The van der Waals surface area contributed by atoms with Gasteiger partial charge in [0.05, 0.1) is 19.1 Å². The van der Waals surface area contributed by atoms with E-state index in [1.807, 2.05) is 6.07 Å². The zero-order valence-corrected chi connectivity index (χ0v) is 21.5. The van der Waals surface area contributed by atoms with Crippen LogP contribution < -0.4 is 29.0 Å². The molecule has 208 valence electrons. The first-order chi connectivity index (χ1) is 18.6. The lowest BCUT2D eigenvalue weighted by Gasteiger charge is -2.39. The van der Waals surface area contributed by atoms with Gasteiger partial charge >= 0.3 is 12.3 Å². The highest BCUT2D eigenvalue weighted by atomic mass is 19.3. The fourth-order valence-electron chi connectivity index (χ4n) is 6.10. The van der Waals surface area contributed by atoms with Crippen molar-refractivity contribution in [3.63, 3.8) is 0 Å². The molecule has 3 heterocycles. The number of nitrogens with one attached hydrogen (secondary N) is 1. The van der Waals surface area contributed by atoms with E-state index in [4.69, 9.17) is 14.2 Å². The summed E-state index contributed by atoms with van der Waals surface area (Å²) in [4.78, 5) is 25.2. The quantitative estimate of drug-likeness (QED) is 0.562. The molecule has 0 spiro atoms. The van der Waals surface area contributed by atoms with Crippen LogP contribution in [0.1, 0.15) is 56.2 Å². The predicted octanol–water partition coefficient (Wildman–Crippen LogP) is 4.57. The van der Waals surface area contributed by atoms with Gasteiger partial charge in [-0.25, -0.2) is 0 Å². The van der Waals surface area contributed by atoms with Gasteiger partial charge in [0.1, 0.15) is 35.4 Å². The number of carboxylic acid groups (broad SMARTS) is 1. The maximum absolute atomic E-state index is 13.8. The lowest BCUT2D eigenvalue weighted by Crippen LogP contribution is -2.47. The first-order valence-corrected chi connectivity index (χ1v) is 13.0. The van der Waals surface area contributed by atoms with E-state index in [2.05, 4.69) is 14.8 Å². The largest absolute Gasteiger partial charge is 0.586 e. The molecule has 6 rings (SSSR count). The topological polar surface area (TPSA) is 113 Å². The van der Waals surface area contributed by atoms with Crippen LogP contribution in [-0.2, 0) is 15.0 Å². The summed E-state index contributed by atoms with van der Waals surface area (Å²) in [5.74, 6) is -0.0662. The van der Waals surface area contributed by atoms with Gasteiger partial charge in [0.25, 0.3) is 0 Å². The van der Waals surface area contributed by atoms with Crippen LogP contribution in [0.4, 0.5) is 8.78 Å². The molecule has 11 heteroatoms. The molecule has 9 nitrogen and oxygen atoms in total.